The lowest BCUT2D eigenvalue weighted by Gasteiger charge is -1.81. The van der Waals surface area contributed by atoms with Crippen LogP contribution in [0.4, 0.5) is 0 Å². The first-order valence-corrected chi connectivity index (χ1v) is 1.59. The van der Waals surface area contributed by atoms with E-state index in [4.69, 9.17) is 5.11 Å². The molecule has 0 radical (unpaired) electrons. The number of aliphatic hydroxyl groups is 1. The van der Waals surface area contributed by atoms with Crippen molar-refractivity contribution >= 4 is 6.29 Å². The van der Waals surface area contributed by atoms with Crippen LogP contribution in [0.5, 0.6) is 0 Å². The average molecular weight is 88.1 g/mol. The van der Waals surface area contributed by atoms with E-state index in [0.717, 1.165) is 0 Å². The summed E-state index contributed by atoms with van der Waals surface area (Å²) in [6.07, 6.45) is 0.382. The lowest BCUT2D eigenvalue weighted by Crippen LogP contribution is -2.09. The Morgan fingerprint density at radius 3 is 2.50 bits per heavy atom. The summed E-state index contributed by atoms with van der Waals surface area (Å²) in [5.41, 5.74) is 0. The summed E-state index contributed by atoms with van der Waals surface area (Å²) in [5, 5.41) is 8.35. The summed E-state index contributed by atoms with van der Waals surface area (Å²) < 4.78 is 4.23. The highest BCUT2D eigenvalue weighted by atomic mass is 16.7. The molecule has 3 nitrogen and oxygen atoms in total. The molecule has 0 aromatic heterocycles. The molecule has 1 N–H and O–H groups in total. The van der Waals surface area contributed by atoms with Gasteiger partial charge in [0.05, 0.1) is 0 Å². The minimum absolute atomic E-state index is 0.163. The maximum Gasteiger partial charge on any atom is 0.247 e. The SMILES string of the molecule is O=CC1(O)CO1. The van der Waals surface area contributed by atoms with Gasteiger partial charge in [-0.15, -0.1) is 0 Å². The summed E-state index contributed by atoms with van der Waals surface area (Å²) in [6, 6.07) is 0. The third kappa shape index (κ3) is 0.418. The van der Waals surface area contributed by atoms with Gasteiger partial charge in [-0.2, -0.15) is 0 Å². The first-order valence-electron chi connectivity index (χ1n) is 1.59. The van der Waals surface area contributed by atoms with Gasteiger partial charge < -0.3 is 9.84 Å². The Labute approximate surface area is 34.5 Å². The second-order valence-electron chi connectivity index (χ2n) is 1.25. The Kier molecular flexibility index (Phi) is 0.504. The average Bonchev–Trinajstić information content (AvgIpc) is 2.22. The number of rotatable bonds is 1. The maximum atomic E-state index is 9.51. The number of epoxide rings is 1. The van der Waals surface area contributed by atoms with Crippen LogP contribution in [0, 0.1) is 0 Å². The van der Waals surface area contributed by atoms with Crippen LogP contribution in [0.25, 0.3) is 0 Å². The van der Waals surface area contributed by atoms with Crippen LogP contribution in [-0.4, -0.2) is 23.8 Å². The molecule has 0 saturated carbocycles. The Morgan fingerprint density at radius 1 is 2.00 bits per heavy atom. The van der Waals surface area contributed by atoms with Gasteiger partial charge in [-0.05, 0) is 0 Å². The molecule has 34 valence electrons. The Balaban J connectivity index is 2.47. The van der Waals surface area contributed by atoms with Crippen molar-refractivity contribution in [3.63, 3.8) is 0 Å². The zero-order chi connectivity index (χ0) is 4.62. The van der Waals surface area contributed by atoms with Gasteiger partial charge in [0.25, 0.3) is 0 Å². The largest absolute Gasteiger partial charge is 0.358 e. The van der Waals surface area contributed by atoms with Crippen LogP contribution in [0.3, 0.4) is 0 Å². The minimum atomic E-state index is -1.39. The second-order valence-corrected chi connectivity index (χ2v) is 1.25. The van der Waals surface area contributed by atoms with Crippen molar-refractivity contribution in [1.82, 2.24) is 0 Å². The molecule has 1 rings (SSSR count). The number of ether oxygens (including phenoxy) is 1. The molecule has 1 fully saturated rings. The summed E-state index contributed by atoms with van der Waals surface area (Å²) in [6.45, 7) is 0.163. The first kappa shape index (κ1) is 3.77. The van der Waals surface area contributed by atoms with Crippen LogP contribution < -0.4 is 0 Å². The zero-order valence-corrected chi connectivity index (χ0v) is 3.05. The molecule has 3 heteroatoms. The molecule has 0 aromatic carbocycles. The third-order valence-electron chi connectivity index (χ3n) is 0.624. The first-order chi connectivity index (χ1) is 2.77. The monoisotopic (exact) mass is 88.0 g/mol. The molecule has 1 unspecified atom stereocenters. The molecule has 0 bridgehead atoms. The van der Waals surface area contributed by atoms with Crippen LogP contribution in [-0.2, 0) is 9.53 Å². The number of aldehydes is 1. The van der Waals surface area contributed by atoms with E-state index in [0.29, 0.717) is 6.29 Å². The zero-order valence-electron chi connectivity index (χ0n) is 3.05. The van der Waals surface area contributed by atoms with E-state index < -0.39 is 5.79 Å². The maximum absolute atomic E-state index is 9.51. The van der Waals surface area contributed by atoms with E-state index in [1.165, 1.54) is 0 Å². The van der Waals surface area contributed by atoms with E-state index in [-0.39, 0.29) is 6.61 Å². The number of carbonyl (C=O) groups excluding carboxylic acids is 1. The number of carbonyl (C=O) groups is 1. The summed E-state index contributed by atoms with van der Waals surface area (Å²) in [7, 11) is 0. The quantitative estimate of drug-likeness (QED) is 0.327. The molecule has 0 aromatic rings. The second kappa shape index (κ2) is 0.802. The molecule has 0 amide bonds. The van der Waals surface area contributed by atoms with Gasteiger partial charge >= 0.3 is 0 Å². The summed E-state index contributed by atoms with van der Waals surface area (Å²) in [5.74, 6) is -1.39. The molecular formula is C3H4O3. The van der Waals surface area contributed by atoms with Crippen molar-refractivity contribution in [3.8, 4) is 0 Å². The van der Waals surface area contributed by atoms with Crippen LogP contribution in [0.2, 0.25) is 0 Å². The van der Waals surface area contributed by atoms with E-state index in [1.54, 1.807) is 0 Å². The highest BCUT2D eigenvalue weighted by molar-refractivity contribution is 5.62. The summed E-state index contributed by atoms with van der Waals surface area (Å²) >= 11 is 0. The topological polar surface area (TPSA) is 49.8 Å². The Bertz CT molecular complexity index is 74.1. The smallest absolute Gasteiger partial charge is 0.247 e. The number of hydrogen-bond donors (Lipinski definition) is 1. The molecule has 1 heterocycles. The van der Waals surface area contributed by atoms with Crippen molar-refractivity contribution < 1.29 is 14.6 Å². The fourth-order valence-electron chi connectivity index (χ4n) is 0.142. The standard InChI is InChI=1S/C3H4O3/c4-1-3(5)2-6-3/h1,5H,2H2. The Morgan fingerprint density at radius 2 is 2.50 bits per heavy atom. The van der Waals surface area contributed by atoms with Crippen LogP contribution in [0.1, 0.15) is 0 Å². The van der Waals surface area contributed by atoms with E-state index >= 15 is 0 Å². The number of hydrogen-bond acceptors (Lipinski definition) is 3. The van der Waals surface area contributed by atoms with Gasteiger partial charge in [0.15, 0.2) is 6.29 Å². The van der Waals surface area contributed by atoms with Gasteiger partial charge in [0.2, 0.25) is 5.79 Å². The molecule has 1 atom stereocenters. The predicted molar refractivity (Wildman–Crippen MR) is 17.0 cm³/mol. The molecule has 0 aliphatic carbocycles. The fourth-order valence-corrected chi connectivity index (χ4v) is 0.142. The van der Waals surface area contributed by atoms with Crippen molar-refractivity contribution in [2.45, 2.75) is 5.79 Å². The predicted octanol–water partition coefficient (Wildman–Crippen LogP) is -1.10. The molecular weight excluding hydrogens is 84.0 g/mol. The third-order valence-corrected chi connectivity index (χ3v) is 0.624. The van der Waals surface area contributed by atoms with Gasteiger partial charge in [-0.25, -0.2) is 0 Å². The molecule has 1 aliphatic rings. The molecule has 1 aliphatic heterocycles. The van der Waals surface area contributed by atoms with Gasteiger partial charge in [0.1, 0.15) is 6.61 Å². The molecule has 0 spiro atoms. The normalized spacial score (nSPS) is 42.2. The van der Waals surface area contributed by atoms with Crippen molar-refractivity contribution in [2.24, 2.45) is 0 Å². The molecule has 6 heavy (non-hydrogen) atoms. The highest BCUT2D eigenvalue weighted by Gasteiger charge is 2.42. The minimum Gasteiger partial charge on any atom is -0.358 e. The lowest BCUT2D eigenvalue weighted by molar-refractivity contribution is -0.123. The lowest BCUT2D eigenvalue weighted by atomic mass is 10.5. The van der Waals surface area contributed by atoms with E-state index in [9.17, 15) is 4.79 Å². The van der Waals surface area contributed by atoms with Gasteiger partial charge in [-0.3, -0.25) is 4.79 Å². The van der Waals surface area contributed by atoms with Gasteiger partial charge in [0, 0.05) is 0 Å². The summed E-state index contributed by atoms with van der Waals surface area (Å²) in [4.78, 5) is 9.51. The highest BCUT2D eigenvalue weighted by Crippen LogP contribution is 2.18. The fraction of sp³-hybridized carbons (Fsp3) is 0.667. The van der Waals surface area contributed by atoms with Crippen LogP contribution in [0.15, 0.2) is 0 Å². The van der Waals surface area contributed by atoms with E-state index in [2.05, 4.69) is 4.74 Å². The Hall–Kier alpha value is -0.410. The van der Waals surface area contributed by atoms with Crippen molar-refractivity contribution in [2.75, 3.05) is 6.61 Å². The van der Waals surface area contributed by atoms with E-state index in [1.807, 2.05) is 0 Å². The molecule has 1 saturated heterocycles. The van der Waals surface area contributed by atoms with Crippen molar-refractivity contribution in [1.29, 1.82) is 0 Å². The van der Waals surface area contributed by atoms with Gasteiger partial charge in [-0.1, -0.05) is 0 Å². The van der Waals surface area contributed by atoms with Crippen LogP contribution >= 0.6 is 0 Å². The van der Waals surface area contributed by atoms with Crippen molar-refractivity contribution in [3.05, 3.63) is 0 Å².